The van der Waals surface area contributed by atoms with Crippen molar-refractivity contribution in [2.24, 2.45) is 0 Å². The van der Waals surface area contributed by atoms with Gasteiger partial charge in [0.2, 0.25) is 0 Å². The summed E-state index contributed by atoms with van der Waals surface area (Å²) in [5.41, 5.74) is 6.39. The van der Waals surface area contributed by atoms with Crippen molar-refractivity contribution in [1.29, 1.82) is 0 Å². The average molecular weight is 354 g/mol. The van der Waals surface area contributed by atoms with Crippen LogP contribution < -0.4 is 0 Å². The zero-order chi connectivity index (χ0) is 17.6. The Balaban J connectivity index is 2.04. The first-order valence-corrected chi connectivity index (χ1v) is 8.98. The molecule has 1 aliphatic heterocycles. The Morgan fingerprint density at radius 2 is 2.00 bits per heavy atom. The zero-order valence-electron chi connectivity index (χ0n) is 14.4. The number of carbonyl (C=O) groups excluding carboxylic acids is 1. The van der Waals surface area contributed by atoms with Crippen molar-refractivity contribution in [3.8, 4) is 11.3 Å². The number of rotatable bonds is 1. The van der Waals surface area contributed by atoms with Crippen LogP contribution in [0.5, 0.6) is 0 Å². The predicted molar refractivity (Wildman–Crippen MR) is 101 cm³/mol. The van der Waals surface area contributed by atoms with E-state index < -0.39 is 0 Å². The summed E-state index contributed by atoms with van der Waals surface area (Å²) < 4.78 is 7.30. The van der Waals surface area contributed by atoms with E-state index in [1.807, 2.05) is 25.1 Å². The van der Waals surface area contributed by atoms with Crippen molar-refractivity contribution in [3.05, 3.63) is 58.1 Å². The molecule has 0 saturated carbocycles. The maximum absolute atomic E-state index is 12.2. The largest absolute Gasteiger partial charge is 0.465 e. The minimum atomic E-state index is -0.284. The lowest BCUT2D eigenvalue weighted by Crippen LogP contribution is -2.11. The van der Waals surface area contributed by atoms with Crippen molar-refractivity contribution in [3.63, 3.8) is 0 Å². The number of halogens is 1. The monoisotopic (exact) mass is 353 g/mol. The Labute approximate surface area is 152 Å². The number of carbonyl (C=O) groups is 1. The second kappa shape index (κ2) is 6.23. The molecule has 128 valence electrons. The minimum absolute atomic E-state index is 0.284. The van der Waals surface area contributed by atoms with Crippen LogP contribution in [0, 0.1) is 6.92 Å². The van der Waals surface area contributed by atoms with E-state index in [1.165, 1.54) is 18.1 Å². The lowest BCUT2D eigenvalue weighted by atomic mass is 9.91. The van der Waals surface area contributed by atoms with Gasteiger partial charge in [0.1, 0.15) is 0 Å². The Morgan fingerprint density at radius 3 is 2.80 bits per heavy atom. The van der Waals surface area contributed by atoms with Gasteiger partial charge < -0.3 is 9.30 Å². The summed E-state index contributed by atoms with van der Waals surface area (Å²) in [5.74, 6) is -0.284. The highest BCUT2D eigenvalue weighted by atomic mass is 35.5. The molecule has 0 atom stereocenters. The van der Waals surface area contributed by atoms with Crippen LogP contribution >= 0.6 is 11.6 Å². The fourth-order valence-corrected chi connectivity index (χ4v) is 4.09. The van der Waals surface area contributed by atoms with Gasteiger partial charge in [-0.1, -0.05) is 23.7 Å². The van der Waals surface area contributed by atoms with E-state index in [0.29, 0.717) is 5.56 Å². The first-order chi connectivity index (χ1) is 12.1. The van der Waals surface area contributed by atoms with Gasteiger partial charge in [-0.2, -0.15) is 0 Å². The Kier molecular flexibility index (Phi) is 4.04. The molecule has 0 fully saturated rings. The SMILES string of the molecule is COC(=O)c1ccc2c(c1C)-c1cc3ccc(Cl)cc3n1CCCC2. The fourth-order valence-electron chi connectivity index (χ4n) is 3.92. The summed E-state index contributed by atoms with van der Waals surface area (Å²) in [4.78, 5) is 12.2. The summed E-state index contributed by atoms with van der Waals surface area (Å²) in [7, 11) is 1.43. The van der Waals surface area contributed by atoms with Gasteiger partial charge in [0.25, 0.3) is 0 Å². The van der Waals surface area contributed by atoms with E-state index in [2.05, 4.69) is 22.8 Å². The van der Waals surface area contributed by atoms with Crippen LogP contribution in [0.2, 0.25) is 5.02 Å². The lowest BCUT2D eigenvalue weighted by Gasteiger charge is -2.21. The number of hydrogen-bond donors (Lipinski definition) is 0. The van der Waals surface area contributed by atoms with Crippen molar-refractivity contribution >= 4 is 28.5 Å². The molecule has 4 rings (SSSR count). The van der Waals surface area contributed by atoms with Gasteiger partial charge >= 0.3 is 5.97 Å². The first kappa shape index (κ1) is 16.2. The molecule has 25 heavy (non-hydrogen) atoms. The number of benzene rings is 2. The maximum atomic E-state index is 12.2. The van der Waals surface area contributed by atoms with E-state index >= 15 is 0 Å². The summed E-state index contributed by atoms with van der Waals surface area (Å²) in [6, 6.07) is 12.2. The van der Waals surface area contributed by atoms with Crippen molar-refractivity contribution in [2.75, 3.05) is 7.11 Å². The molecule has 1 aliphatic rings. The highest BCUT2D eigenvalue weighted by Crippen LogP contribution is 2.37. The molecule has 3 nitrogen and oxygen atoms in total. The van der Waals surface area contributed by atoms with Crippen LogP contribution in [-0.4, -0.2) is 17.6 Å². The molecular weight excluding hydrogens is 334 g/mol. The van der Waals surface area contributed by atoms with Crippen LogP contribution in [0.1, 0.15) is 34.3 Å². The van der Waals surface area contributed by atoms with Gasteiger partial charge in [-0.05, 0) is 61.6 Å². The second-order valence-corrected chi connectivity index (χ2v) is 7.04. The van der Waals surface area contributed by atoms with E-state index in [1.54, 1.807) is 0 Å². The third-order valence-corrected chi connectivity index (χ3v) is 5.39. The minimum Gasteiger partial charge on any atom is -0.465 e. The van der Waals surface area contributed by atoms with Gasteiger partial charge in [-0.15, -0.1) is 0 Å². The van der Waals surface area contributed by atoms with Crippen molar-refractivity contribution in [1.82, 2.24) is 4.57 Å². The van der Waals surface area contributed by atoms with Crippen LogP contribution in [0.3, 0.4) is 0 Å². The van der Waals surface area contributed by atoms with Gasteiger partial charge in [0.15, 0.2) is 0 Å². The molecule has 0 aliphatic carbocycles. The maximum Gasteiger partial charge on any atom is 0.338 e. The van der Waals surface area contributed by atoms with E-state index in [-0.39, 0.29) is 5.97 Å². The van der Waals surface area contributed by atoms with E-state index in [0.717, 1.165) is 53.2 Å². The first-order valence-electron chi connectivity index (χ1n) is 8.60. The quantitative estimate of drug-likeness (QED) is 0.549. The third-order valence-electron chi connectivity index (χ3n) is 5.16. The van der Waals surface area contributed by atoms with Crippen LogP contribution in [-0.2, 0) is 17.7 Å². The molecule has 0 bridgehead atoms. The molecule has 3 aromatic rings. The molecule has 2 heterocycles. The number of fused-ring (bicyclic) bond motifs is 5. The number of aryl methyl sites for hydroxylation is 2. The van der Waals surface area contributed by atoms with E-state index in [9.17, 15) is 4.79 Å². The molecule has 0 unspecified atom stereocenters. The summed E-state index contributed by atoms with van der Waals surface area (Å²) in [6.07, 6.45) is 3.28. The normalized spacial score (nSPS) is 13.7. The number of esters is 1. The number of nitrogens with zero attached hydrogens (tertiary/aromatic N) is 1. The van der Waals surface area contributed by atoms with Gasteiger partial charge in [-0.25, -0.2) is 4.79 Å². The Morgan fingerprint density at radius 1 is 1.16 bits per heavy atom. The third kappa shape index (κ3) is 2.63. The Bertz CT molecular complexity index is 987. The van der Waals surface area contributed by atoms with Gasteiger partial charge in [-0.3, -0.25) is 0 Å². The topological polar surface area (TPSA) is 31.2 Å². The number of methoxy groups -OCH3 is 1. The summed E-state index contributed by atoms with van der Waals surface area (Å²) in [5, 5.41) is 1.92. The zero-order valence-corrected chi connectivity index (χ0v) is 15.2. The van der Waals surface area contributed by atoms with Gasteiger partial charge in [0, 0.05) is 33.7 Å². The fraction of sp³-hybridized carbons (Fsp3) is 0.286. The molecule has 4 heteroatoms. The van der Waals surface area contributed by atoms with Crippen molar-refractivity contribution in [2.45, 2.75) is 32.7 Å². The molecule has 2 aromatic carbocycles. The highest BCUT2D eigenvalue weighted by molar-refractivity contribution is 6.31. The second-order valence-electron chi connectivity index (χ2n) is 6.61. The molecule has 0 saturated heterocycles. The molecule has 0 amide bonds. The molecule has 1 aromatic heterocycles. The molecule has 0 radical (unpaired) electrons. The predicted octanol–water partition coefficient (Wildman–Crippen LogP) is 5.39. The van der Waals surface area contributed by atoms with Crippen LogP contribution in [0.25, 0.3) is 22.2 Å². The standard InChI is InChI=1S/C21H20ClNO2/c1-13-17(21(24)25-2)9-7-14-5-3-4-10-23-18-12-16(22)8-6-15(18)11-19(23)20(13)14/h6-9,11-12H,3-5,10H2,1-2H3. The molecule has 0 spiro atoms. The Hall–Kier alpha value is -2.26. The number of hydrogen-bond acceptors (Lipinski definition) is 2. The molecule has 0 N–H and O–H groups in total. The summed E-state index contributed by atoms with van der Waals surface area (Å²) in [6.45, 7) is 2.97. The summed E-state index contributed by atoms with van der Waals surface area (Å²) >= 11 is 6.23. The number of ether oxygens (including phenoxy) is 1. The molecular formula is C21H20ClNO2. The lowest BCUT2D eigenvalue weighted by molar-refractivity contribution is 0.0600. The highest BCUT2D eigenvalue weighted by Gasteiger charge is 2.22. The van der Waals surface area contributed by atoms with E-state index in [4.69, 9.17) is 16.3 Å². The van der Waals surface area contributed by atoms with Crippen LogP contribution in [0.15, 0.2) is 36.4 Å². The smallest absolute Gasteiger partial charge is 0.338 e. The van der Waals surface area contributed by atoms with Crippen molar-refractivity contribution < 1.29 is 9.53 Å². The number of aromatic nitrogens is 1. The average Bonchev–Trinajstić information content (AvgIpc) is 2.92. The van der Waals surface area contributed by atoms with Crippen LogP contribution in [0.4, 0.5) is 0 Å². The van der Waals surface area contributed by atoms with Gasteiger partial charge in [0.05, 0.1) is 12.7 Å².